The summed E-state index contributed by atoms with van der Waals surface area (Å²) >= 11 is 7.74. The molecular formula is C14H22ClNS. The van der Waals surface area contributed by atoms with Gasteiger partial charge in [-0.1, -0.05) is 44.4 Å². The van der Waals surface area contributed by atoms with Gasteiger partial charge in [-0.05, 0) is 30.5 Å². The van der Waals surface area contributed by atoms with Crippen LogP contribution in [-0.2, 0) is 0 Å². The fourth-order valence-electron chi connectivity index (χ4n) is 1.88. The van der Waals surface area contributed by atoms with Crippen LogP contribution in [0.3, 0.4) is 0 Å². The van der Waals surface area contributed by atoms with Gasteiger partial charge in [0.15, 0.2) is 0 Å². The van der Waals surface area contributed by atoms with Crippen molar-refractivity contribution in [2.45, 2.75) is 44.0 Å². The van der Waals surface area contributed by atoms with Crippen LogP contribution in [0.5, 0.6) is 0 Å². The Labute approximate surface area is 114 Å². The molecular weight excluding hydrogens is 250 g/mol. The molecule has 0 bridgehead atoms. The van der Waals surface area contributed by atoms with Gasteiger partial charge in [-0.3, -0.25) is 0 Å². The third kappa shape index (κ3) is 5.80. The second-order valence-electron chi connectivity index (χ2n) is 4.45. The average molecular weight is 272 g/mol. The van der Waals surface area contributed by atoms with Crippen LogP contribution in [0.2, 0.25) is 5.02 Å². The molecule has 1 rings (SSSR count). The summed E-state index contributed by atoms with van der Waals surface area (Å²) in [6.07, 6.45) is 3.58. The molecule has 1 aromatic rings. The molecule has 0 amide bonds. The molecule has 2 N–H and O–H groups in total. The molecule has 1 aromatic carbocycles. The van der Waals surface area contributed by atoms with Crippen molar-refractivity contribution < 1.29 is 0 Å². The highest BCUT2D eigenvalue weighted by molar-refractivity contribution is 7.99. The van der Waals surface area contributed by atoms with E-state index in [2.05, 4.69) is 19.9 Å². The van der Waals surface area contributed by atoms with Gasteiger partial charge < -0.3 is 5.73 Å². The number of nitrogens with two attached hydrogens (primary N) is 1. The van der Waals surface area contributed by atoms with Crippen LogP contribution in [0.4, 0.5) is 0 Å². The Hall–Kier alpha value is -0.180. The molecule has 96 valence electrons. The first-order valence-corrected chi connectivity index (χ1v) is 7.66. The molecule has 3 heteroatoms. The van der Waals surface area contributed by atoms with Gasteiger partial charge in [-0.15, -0.1) is 11.8 Å². The monoisotopic (exact) mass is 271 g/mol. The van der Waals surface area contributed by atoms with Crippen LogP contribution >= 0.6 is 23.4 Å². The highest BCUT2D eigenvalue weighted by atomic mass is 35.5. The van der Waals surface area contributed by atoms with Crippen molar-refractivity contribution in [3.63, 3.8) is 0 Å². The first-order chi connectivity index (χ1) is 8.15. The highest BCUT2D eigenvalue weighted by Crippen LogP contribution is 2.24. The fourth-order valence-corrected chi connectivity index (χ4v) is 3.06. The zero-order valence-corrected chi connectivity index (χ0v) is 12.2. The molecule has 0 aliphatic heterocycles. The van der Waals surface area contributed by atoms with Crippen LogP contribution in [0.25, 0.3) is 0 Å². The third-order valence-corrected chi connectivity index (χ3v) is 4.47. The molecule has 0 aromatic heterocycles. The molecule has 17 heavy (non-hydrogen) atoms. The molecule has 1 atom stereocenters. The van der Waals surface area contributed by atoms with Gasteiger partial charge in [-0.25, -0.2) is 0 Å². The number of thioether (sulfide) groups is 1. The maximum atomic E-state index is 6.16. The SMILES string of the molecule is CCC(CC)CC(N)CSc1cccc(Cl)c1. The van der Waals surface area contributed by atoms with Gasteiger partial charge in [0.25, 0.3) is 0 Å². The first kappa shape index (κ1) is 14.9. The van der Waals surface area contributed by atoms with E-state index in [9.17, 15) is 0 Å². The van der Waals surface area contributed by atoms with E-state index < -0.39 is 0 Å². The molecule has 0 spiro atoms. The van der Waals surface area contributed by atoms with Gasteiger partial charge in [0.1, 0.15) is 0 Å². The Morgan fingerprint density at radius 3 is 2.59 bits per heavy atom. The van der Waals surface area contributed by atoms with Crippen molar-refractivity contribution >= 4 is 23.4 Å². The Bertz CT molecular complexity index is 326. The van der Waals surface area contributed by atoms with E-state index in [1.807, 2.05) is 18.2 Å². The summed E-state index contributed by atoms with van der Waals surface area (Å²) in [5.41, 5.74) is 6.16. The number of rotatable bonds is 7. The maximum absolute atomic E-state index is 6.16. The summed E-state index contributed by atoms with van der Waals surface area (Å²) in [5.74, 6) is 1.74. The smallest absolute Gasteiger partial charge is 0.0417 e. The average Bonchev–Trinajstić information content (AvgIpc) is 2.33. The molecule has 0 radical (unpaired) electrons. The Morgan fingerprint density at radius 2 is 2.00 bits per heavy atom. The highest BCUT2D eigenvalue weighted by Gasteiger charge is 2.10. The predicted molar refractivity (Wildman–Crippen MR) is 78.8 cm³/mol. The van der Waals surface area contributed by atoms with Gasteiger partial charge in [0, 0.05) is 21.7 Å². The topological polar surface area (TPSA) is 26.0 Å². The van der Waals surface area contributed by atoms with Crippen LogP contribution in [-0.4, -0.2) is 11.8 Å². The largest absolute Gasteiger partial charge is 0.327 e. The van der Waals surface area contributed by atoms with Gasteiger partial charge in [0.2, 0.25) is 0 Å². The van der Waals surface area contributed by atoms with Crippen LogP contribution < -0.4 is 5.73 Å². The molecule has 1 unspecified atom stereocenters. The van der Waals surface area contributed by atoms with Crippen molar-refractivity contribution in [1.29, 1.82) is 0 Å². The fraction of sp³-hybridized carbons (Fsp3) is 0.571. The summed E-state index contributed by atoms with van der Waals surface area (Å²) in [4.78, 5) is 1.21. The lowest BCUT2D eigenvalue weighted by Gasteiger charge is -2.17. The molecule has 0 fully saturated rings. The summed E-state index contributed by atoms with van der Waals surface area (Å²) in [6, 6.07) is 8.24. The summed E-state index contributed by atoms with van der Waals surface area (Å²) in [7, 11) is 0. The summed E-state index contributed by atoms with van der Waals surface area (Å²) in [6.45, 7) is 4.48. The minimum absolute atomic E-state index is 0.281. The van der Waals surface area contributed by atoms with Gasteiger partial charge in [0.05, 0.1) is 0 Å². The minimum Gasteiger partial charge on any atom is -0.327 e. The maximum Gasteiger partial charge on any atom is 0.0417 e. The number of hydrogen-bond donors (Lipinski definition) is 1. The van der Waals surface area contributed by atoms with E-state index in [0.717, 1.165) is 23.1 Å². The number of benzene rings is 1. The van der Waals surface area contributed by atoms with E-state index in [1.54, 1.807) is 11.8 Å². The van der Waals surface area contributed by atoms with E-state index in [-0.39, 0.29) is 6.04 Å². The molecule has 0 heterocycles. The number of halogens is 1. The molecule has 0 saturated carbocycles. The number of hydrogen-bond acceptors (Lipinski definition) is 2. The third-order valence-electron chi connectivity index (χ3n) is 3.05. The van der Waals surface area contributed by atoms with E-state index in [4.69, 9.17) is 17.3 Å². The normalized spacial score (nSPS) is 13.0. The molecule has 0 aliphatic carbocycles. The van der Waals surface area contributed by atoms with Crippen molar-refractivity contribution in [2.24, 2.45) is 11.7 Å². The quantitative estimate of drug-likeness (QED) is 0.735. The summed E-state index contributed by atoms with van der Waals surface area (Å²) in [5, 5.41) is 0.795. The second-order valence-corrected chi connectivity index (χ2v) is 5.98. The Kier molecular flexibility index (Phi) is 7.02. The van der Waals surface area contributed by atoms with E-state index >= 15 is 0 Å². The van der Waals surface area contributed by atoms with E-state index in [1.165, 1.54) is 17.7 Å². The first-order valence-electron chi connectivity index (χ1n) is 6.29. The zero-order chi connectivity index (χ0) is 12.7. The predicted octanol–water partition coefficient (Wildman–Crippen LogP) is 4.59. The molecule has 0 saturated heterocycles. The van der Waals surface area contributed by atoms with Crippen molar-refractivity contribution in [3.8, 4) is 0 Å². The lowest BCUT2D eigenvalue weighted by atomic mass is 9.96. The van der Waals surface area contributed by atoms with Gasteiger partial charge in [-0.2, -0.15) is 0 Å². The Balaban J connectivity index is 2.35. The van der Waals surface area contributed by atoms with Crippen molar-refractivity contribution in [3.05, 3.63) is 29.3 Å². The Morgan fingerprint density at radius 1 is 1.29 bits per heavy atom. The van der Waals surface area contributed by atoms with Crippen LogP contribution in [0, 0.1) is 5.92 Å². The van der Waals surface area contributed by atoms with Crippen LogP contribution in [0.1, 0.15) is 33.1 Å². The second kappa shape index (κ2) is 8.02. The molecule has 0 aliphatic rings. The summed E-state index contributed by atoms with van der Waals surface area (Å²) < 4.78 is 0. The van der Waals surface area contributed by atoms with E-state index in [0.29, 0.717) is 0 Å². The van der Waals surface area contributed by atoms with Gasteiger partial charge >= 0.3 is 0 Å². The minimum atomic E-state index is 0.281. The lowest BCUT2D eigenvalue weighted by molar-refractivity contribution is 0.424. The standard InChI is InChI=1S/C14H22ClNS/c1-3-11(4-2)8-13(16)10-17-14-7-5-6-12(15)9-14/h5-7,9,11,13H,3-4,8,10,16H2,1-2H3. The zero-order valence-electron chi connectivity index (χ0n) is 10.7. The van der Waals surface area contributed by atoms with Crippen molar-refractivity contribution in [2.75, 3.05) is 5.75 Å². The van der Waals surface area contributed by atoms with Crippen molar-refractivity contribution in [1.82, 2.24) is 0 Å². The van der Waals surface area contributed by atoms with Crippen LogP contribution in [0.15, 0.2) is 29.2 Å². The lowest BCUT2D eigenvalue weighted by Crippen LogP contribution is -2.25. The molecule has 1 nitrogen and oxygen atoms in total.